The SMILES string of the molecule is C(/C=C/c1ccccn1)=C\c1ccncc1. The van der Waals surface area contributed by atoms with E-state index in [1.165, 1.54) is 0 Å². The lowest BCUT2D eigenvalue weighted by molar-refractivity contribution is 1.30. The third-order valence-corrected chi connectivity index (χ3v) is 2.06. The van der Waals surface area contributed by atoms with Crippen molar-refractivity contribution < 1.29 is 0 Å². The number of aromatic nitrogens is 2. The lowest BCUT2D eigenvalue weighted by Gasteiger charge is -1.89. The molecular formula is C14H12N2. The Balaban J connectivity index is 1.98. The van der Waals surface area contributed by atoms with E-state index in [1.807, 2.05) is 54.6 Å². The number of hydrogen-bond acceptors (Lipinski definition) is 2. The van der Waals surface area contributed by atoms with E-state index in [-0.39, 0.29) is 0 Å². The molecule has 2 nitrogen and oxygen atoms in total. The van der Waals surface area contributed by atoms with Gasteiger partial charge >= 0.3 is 0 Å². The van der Waals surface area contributed by atoms with Crippen LogP contribution in [0.4, 0.5) is 0 Å². The molecule has 0 fully saturated rings. The lowest BCUT2D eigenvalue weighted by atomic mass is 10.2. The molecule has 0 bridgehead atoms. The summed E-state index contributed by atoms with van der Waals surface area (Å²) in [5.74, 6) is 0. The fourth-order valence-electron chi connectivity index (χ4n) is 1.27. The van der Waals surface area contributed by atoms with Crippen LogP contribution < -0.4 is 0 Å². The largest absolute Gasteiger partial charge is 0.265 e. The molecule has 2 heteroatoms. The number of hydrogen-bond donors (Lipinski definition) is 0. The van der Waals surface area contributed by atoms with Crippen LogP contribution in [0.15, 0.2) is 61.1 Å². The van der Waals surface area contributed by atoms with Gasteiger partial charge < -0.3 is 0 Å². The fourth-order valence-corrected chi connectivity index (χ4v) is 1.27. The predicted octanol–water partition coefficient (Wildman–Crippen LogP) is 3.20. The fraction of sp³-hybridized carbons (Fsp3) is 0. The van der Waals surface area contributed by atoms with Gasteiger partial charge in [-0.05, 0) is 35.9 Å². The van der Waals surface area contributed by atoms with Crippen LogP contribution in [0.25, 0.3) is 12.2 Å². The van der Waals surface area contributed by atoms with Gasteiger partial charge in [-0.15, -0.1) is 0 Å². The Labute approximate surface area is 95.0 Å². The summed E-state index contributed by atoms with van der Waals surface area (Å²) in [4.78, 5) is 8.15. The molecule has 0 aliphatic heterocycles. The topological polar surface area (TPSA) is 25.8 Å². The maximum Gasteiger partial charge on any atom is 0.0629 e. The van der Waals surface area contributed by atoms with Crippen LogP contribution in [-0.2, 0) is 0 Å². The first-order chi connectivity index (χ1) is 7.95. The summed E-state index contributed by atoms with van der Waals surface area (Å²) in [5, 5.41) is 0. The van der Waals surface area contributed by atoms with Crippen LogP contribution in [0.1, 0.15) is 11.3 Å². The molecule has 0 spiro atoms. The summed E-state index contributed by atoms with van der Waals surface area (Å²) >= 11 is 0. The first-order valence-corrected chi connectivity index (χ1v) is 5.11. The number of nitrogens with zero attached hydrogens (tertiary/aromatic N) is 2. The van der Waals surface area contributed by atoms with Gasteiger partial charge in [-0.25, -0.2) is 0 Å². The molecule has 0 N–H and O–H groups in total. The van der Waals surface area contributed by atoms with Crippen molar-refractivity contribution in [1.29, 1.82) is 0 Å². The first-order valence-electron chi connectivity index (χ1n) is 5.11. The molecule has 2 rings (SSSR count). The number of rotatable bonds is 3. The van der Waals surface area contributed by atoms with E-state index < -0.39 is 0 Å². The van der Waals surface area contributed by atoms with Crippen LogP contribution in [0, 0.1) is 0 Å². The molecule has 0 unspecified atom stereocenters. The van der Waals surface area contributed by atoms with E-state index in [1.54, 1.807) is 18.6 Å². The van der Waals surface area contributed by atoms with E-state index in [0.717, 1.165) is 11.3 Å². The van der Waals surface area contributed by atoms with Gasteiger partial charge in [0.15, 0.2) is 0 Å². The second kappa shape index (κ2) is 5.61. The van der Waals surface area contributed by atoms with Crippen LogP contribution in [0.3, 0.4) is 0 Å². The average molecular weight is 208 g/mol. The molecule has 0 radical (unpaired) electrons. The summed E-state index contributed by atoms with van der Waals surface area (Å²) in [7, 11) is 0. The monoisotopic (exact) mass is 208 g/mol. The van der Waals surface area contributed by atoms with Gasteiger partial charge in [0.25, 0.3) is 0 Å². The molecule has 0 aliphatic carbocycles. The molecule has 2 aromatic heterocycles. The average Bonchev–Trinajstić information content (AvgIpc) is 2.37. The molecule has 0 saturated heterocycles. The Kier molecular flexibility index (Phi) is 3.61. The van der Waals surface area contributed by atoms with Crippen molar-refractivity contribution in [1.82, 2.24) is 9.97 Å². The van der Waals surface area contributed by atoms with Crippen LogP contribution in [0.5, 0.6) is 0 Å². The van der Waals surface area contributed by atoms with Crippen molar-refractivity contribution in [2.75, 3.05) is 0 Å². The van der Waals surface area contributed by atoms with Crippen LogP contribution in [0.2, 0.25) is 0 Å². The minimum Gasteiger partial charge on any atom is -0.265 e. The first kappa shape index (κ1) is 10.3. The van der Waals surface area contributed by atoms with Gasteiger partial charge in [-0.1, -0.05) is 24.3 Å². The van der Waals surface area contributed by atoms with Gasteiger partial charge in [-0.2, -0.15) is 0 Å². The van der Waals surface area contributed by atoms with E-state index in [9.17, 15) is 0 Å². The van der Waals surface area contributed by atoms with Crippen LogP contribution >= 0.6 is 0 Å². The van der Waals surface area contributed by atoms with Crippen molar-refractivity contribution in [3.8, 4) is 0 Å². The van der Waals surface area contributed by atoms with Crippen molar-refractivity contribution in [3.05, 3.63) is 72.3 Å². The third kappa shape index (κ3) is 3.17. The normalized spacial score (nSPS) is 11.2. The zero-order valence-electron chi connectivity index (χ0n) is 8.82. The van der Waals surface area contributed by atoms with E-state index >= 15 is 0 Å². The number of allylic oxidation sites excluding steroid dienone is 2. The second-order valence-corrected chi connectivity index (χ2v) is 3.25. The van der Waals surface area contributed by atoms with Gasteiger partial charge in [0, 0.05) is 18.6 Å². The minimum atomic E-state index is 0.960. The molecule has 0 aromatic carbocycles. The summed E-state index contributed by atoms with van der Waals surface area (Å²) < 4.78 is 0. The Morgan fingerprint density at radius 3 is 2.38 bits per heavy atom. The molecular weight excluding hydrogens is 196 g/mol. The van der Waals surface area contributed by atoms with Crippen molar-refractivity contribution in [3.63, 3.8) is 0 Å². The molecule has 0 atom stereocenters. The smallest absolute Gasteiger partial charge is 0.0629 e. The highest BCUT2D eigenvalue weighted by Crippen LogP contribution is 2.01. The van der Waals surface area contributed by atoms with Gasteiger partial charge in [0.2, 0.25) is 0 Å². The zero-order chi connectivity index (χ0) is 11.1. The Morgan fingerprint density at radius 1 is 0.812 bits per heavy atom. The van der Waals surface area contributed by atoms with Crippen LogP contribution in [-0.4, -0.2) is 9.97 Å². The standard InChI is InChI=1S/C14H12N2/c1(5-13-8-11-15-12-9-13)2-6-14-7-3-4-10-16-14/h1-12H/b5-1+,6-2+. The molecule has 2 heterocycles. The molecule has 0 amide bonds. The lowest BCUT2D eigenvalue weighted by Crippen LogP contribution is -1.75. The Hall–Kier alpha value is -2.22. The molecule has 2 aromatic rings. The van der Waals surface area contributed by atoms with Gasteiger partial charge in [0.05, 0.1) is 5.69 Å². The van der Waals surface area contributed by atoms with Gasteiger partial charge in [-0.3, -0.25) is 9.97 Å². The predicted molar refractivity (Wildman–Crippen MR) is 66.5 cm³/mol. The number of pyridine rings is 2. The Morgan fingerprint density at radius 2 is 1.62 bits per heavy atom. The quantitative estimate of drug-likeness (QED) is 0.724. The highest BCUT2D eigenvalue weighted by atomic mass is 14.6. The maximum atomic E-state index is 4.19. The van der Waals surface area contributed by atoms with E-state index in [4.69, 9.17) is 0 Å². The highest BCUT2D eigenvalue weighted by molar-refractivity contribution is 5.54. The van der Waals surface area contributed by atoms with E-state index in [0.29, 0.717) is 0 Å². The van der Waals surface area contributed by atoms with E-state index in [2.05, 4.69) is 9.97 Å². The summed E-state index contributed by atoms with van der Waals surface area (Å²) in [6.45, 7) is 0. The molecule has 0 aliphatic rings. The molecule has 16 heavy (non-hydrogen) atoms. The summed E-state index contributed by atoms with van der Waals surface area (Å²) in [6.07, 6.45) is 13.3. The maximum absolute atomic E-state index is 4.19. The summed E-state index contributed by atoms with van der Waals surface area (Å²) in [6, 6.07) is 9.77. The van der Waals surface area contributed by atoms with Crippen molar-refractivity contribution in [2.45, 2.75) is 0 Å². The van der Waals surface area contributed by atoms with Gasteiger partial charge in [0.1, 0.15) is 0 Å². The molecule has 78 valence electrons. The van der Waals surface area contributed by atoms with Crippen molar-refractivity contribution >= 4 is 12.2 Å². The summed E-state index contributed by atoms with van der Waals surface area (Å²) in [5.41, 5.74) is 2.10. The highest BCUT2D eigenvalue weighted by Gasteiger charge is 1.83. The van der Waals surface area contributed by atoms with Crippen molar-refractivity contribution in [2.24, 2.45) is 0 Å². The zero-order valence-corrected chi connectivity index (χ0v) is 8.82. The minimum absolute atomic E-state index is 0.960. The second-order valence-electron chi connectivity index (χ2n) is 3.25. The Bertz CT molecular complexity index is 425. The third-order valence-electron chi connectivity index (χ3n) is 2.06. The molecule has 0 saturated carbocycles.